The molecule has 0 saturated carbocycles. The zero-order valence-electron chi connectivity index (χ0n) is 7.39. The first-order valence-electron chi connectivity index (χ1n) is 4.08. The number of halogens is 1. The van der Waals surface area contributed by atoms with Gasteiger partial charge in [0, 0.05) is 3.57 Å². The van der Waals surface area contributed by atoms with Crippen molar-refractivity contribution in [1.82, 2.24) is 0 Å². The van der Waals surface area contributed by atoms with Crippen molar-refractivity contribution in [1.29, 1.82) is 0 Å². The first kappa shape index (κ1) is 11.4. The summed E-state index contributed by atoms with van der Waals surface area (Å²) in [4.78, 5) is 9.80. The molecular formula is C9H10INO3. The van der Waals surface area contributed by atoms with Crippen LogP contribution in [0.25, 0.3) is 0 Å². The molecule has 0 spiro atoms. The molecule has 0 fully saturated rings. The number of nitroso groups, excluding NO2 is 1. The predicted octanol–water partition coefficient (Wildman–Crippen LogP) is 1.80. The van der Waals surface area contributed by atoms with Crippen LogP contribution < -0.4 is 4.74 Å². The Morgan fingerprint density at radius 2 is 2.07 bits per heavy atom. The van der Waals surface area contributed by atoms with Gasteiger partial charge in [-0.1, -0.05) is 5.18 Å². The number of aliphatic hydroxyl groups excluding tert-OH is 1. The molecule has 0 aromatic heterocycles. The van der Waals surface area contributed by atoms with Crippen LogP contribution >= 0.6 is 22.6 Å². The van der Waals surface area contributed by atoms with Gasteiger partial charge in [0.2, 0.25) is 0 Å². The Balaban J connectivity index is 2.37. The van der Waals surface area contributed by atoms with Gasteiger partial charge in [-0.15, -0.1) is 0 Å². The van der Waals surface area contributed by atoms with E-state index in [1.54, 1.807) is 0 Å². The molecule has 1 N–H and O–H groups in total. The molecule has 0 aliphatic heterocycles. The first-order chi connectivity index (χ1) is 6.72. The van der Waals surface area contributed by atoms with Gasteiger partial charge in [-0.2, -0.15) is 4.91 Å². The van der Waals surface area contributed by atoms with Gasteiger partial charge in [0.15, 0.2) is 0 Å². The maximum Gasteiger partial charge on any atom is 0.119 e. The third kappa shape index (κ3) is 4.01. The van der Waals surface area contributed by atoms with Crippen LogP contribution in [0.5, 0.6) is 5.75 Å². The number of hydrogen-bond acceptors (Lipinski definition) is 4. The summed E-state index contributed by atoms with van der Waals surface area (Å²) in [5, 5.41) is 11.7. The van der Waals surface area contributed by atoms with Crippen LogP contribution in [-0.4, -0.2) is 24.4 Å². The summed E-state index contributed by atoms with van der Waals surface area (Å²) in [5.41, 5.74) is 0. The Labute approximate surface area is 95.4 Å². The largest absolute Gasteiger partial charge is 0.491 e. The summed E-state index contributed by atoms with van der Waals surface area (Å²) >= 11 is 2.19. The molecule has 0 heterocycles. The lowest BCUT2D eigenvalue weighted by Crippen LogP contribution is -2.20. The molecule has 4 nitrogen and oxygen atoms in total. The van der Waals surface area contributed by atoms with Crippen LogP contribution in [0.1, 0.15) is 0 Å². The smallest absolute Gasteiger partial charge is 0.119 e. The molecule has 1 atom stereocenters. The molecule has 1 aromatic rings. The standard InChI is InChI=1S/C9H10INO3/c10-7-1-3-9(4-2-7)14-6-8(12)5-11-13/h1-4,8,12H,5-6H2. The Kier molecular flexibility index (Phi) is 4.81. The van der Waals surface area contributed by atoms with Crippen molar-refractivity contribution in [2.45, 2.75) is 6.10 Å². The summed E-state index contributed by atoms with van der Waals surface area (Å²) in [6, 6.07) is 7.42. The van der Waals surface area contributed by atoms with Crippen molar-refractivity contribution in [3.05, 3.63) is 32.7 Å². The SMILES string of the molecule is O=NCC(O)COc1ccc(I)cc1. The van der Waals surface area contributed by atoms with E-state index in [1.807, 2.05) is 24.3 Å². The van der Waals surface area contributed by atoms with E-state index in [9.17, 15) is 4.91 Å². The van der Waals surface area contributed by atoms with E-state index in [1.165, 1.54) is 0 Å². The average molecular weight is 307 g/mol. The van der Waals surface area contributed by atoms with Crippen molar-refractivity contribution < 1.29 is 9.84 Å². The molecule has 14 heavy (non-hydrogen) atoms. The van der Waals surface area contributed by atoms with Gasteiger partial charge in [0.05, 0.1) is 0 Å². The van der Waals surface area contributed by atoms with Gasteiger partial charge in [-0.25, -0.2) is 0 Å². The van der Waals surface area contributed by atoms with Crippen molar-refractivity contribution in [3.8, 4) is 5.75 Å². The van der Waals surface area contributed by atoms with Gasteiger partial charge < -0.3 is 9.84 Å². The highest BCUT2D eigenvalue weighted by atomic mass is 127. The van der Waals surface area contributed by atoms with Gasteiger partial charge in [0.25, 0.3) is 0 Å². The lowest BCUT2D eigenvalue weighted by atomic mass is 10.3. The summed E-state index contributed by atoms with van der Waals surface area (Å²) < 4.78 is 6.34. The van der Waals surface area contributed by atoms with Crippen LogP contribution in [0.4, 0.5) is 0 Å². The van der Waals surface area contributed by atoms with Crippen LogP contribution in [0.3, 0.4) is 0 Å². The van der Waals surface area contributed by atoms with Gasteiger partial charge in [0.1, 0.15) is 25.0 Å². The molecule has 76 valence electrons. The molecule has 0 bridgehead atoms. The highest BCUT2D eigenvalue weighted by molar-refractivity contribution is 14.1. The third-order valence-corrected chi connectivity index (χ3v) is 2.26. The quantitative estimate of drug-likeness (QED) is 0.666. The molecule has 1 unspecified atom stereocenters. The maximum atomic E-state index is 9.80. The minimum Gasteiger partial charge on any atom is -0.491 e. The molecule has 5 heteroatoms. The number of ether oxygens (including phenoxy) is 1. The monoisotopic (exact) mass is 307 g/mol. The fourth-order valence-corrected chi connectivity index (χ4v) is 1.22. The minimum absolute atomic E-state index is 0.0896. The van der Waals surface area contributed by atoms with Crippen molar-refractivity contribution in [2.75, 3.05) is 13.2 Å². The highest BCUT2D eigenvalue weighted by Crippen LogP contribution is 2.13. The minimum atomic E-state index is -0.827. The van der Waals surface area contributed by atoms with E-state index in [4.69, 9.17) is 9.84 Å². The van der Waals surface area contributed by atoms with Crippen LogP contribution in [0, 0.1) is 8.48 Å². The zero-order chi connectivity index (χ0) is 10.4. The van der Waals surface area contributed by atoms with Crippen molar-refractivity contribution >= 4 is 22.6 Å². The fourth-order valence-electron chi connectivity index (χ4n) is 0.862. The fraction of sp³-hybridized carbons (Fsp3) is 0.333. The normalized spacial score (nSPS) is 12.1. The van der Waals surface area contributed by atoms with E-state index >= 15 is 0 Å². The first-order valence-corrected chi connectivity index (χ1v) is 5.16. The second kappa shape index (κ2) is 5.92. The molecule has 0 aliphatic rings. The second-order valence-electron chi connectivity index (χ2n) is 2.73. The predicted molar refractivity (Wildman–Crippen MR) is 61.3 cm³/mol. The average Bonchev–Trinajstić information content (AvgIpc) is 2.17. The van der Waals surface area contributed by atoms with E-state index in [0.29, 0.717) is 5.75 Å². The number of aliphatic hydroxyl groups is 1. The lowest BCUT2D eigenvalue weighted by Gasteiger charge is -2.08. The summed E-state index contributed by atoms with van der Waals surface area (Å²) in [5.74, 6) is 0.676. The highest BCUT2D eigenvalue weighted by Gasteiger charge is 2.04. The molecule has 0 saturated heterocycles. The number of nitrogens with zero attached hydrogens (tertiary/aromatic N) is 1. The van der Waals surface area contributed by atoms with Crippen molar-refractivity contribution in [3.63, 3.8) is 0 Å². The Hall–Kier alpha value is -0.690. The van der Waals surface area contributed by atoms with E-state index < -0.39 is 6.10 Å². The number of hydrogen-bond donors (Lipinski definition) is 1. The zero-order valence-corrected chi connectivity index (χ0v) is 9.55. The van der Waals surface area contributed by atoms with Gasteiger partial charge in [-0.3, -0.25) is 0 Å². The van der Waals surface area contributed by atoms with E-state index in [-0.39, 0.29) is 13.2 Å². The van der Waals surface area contributed by atoms with Crippen LogP contribution in [0.15, 0.2) is 29.4 Å². The second-order valence-corrected chi connectivity index (χ2v) is 3.98. The third-order valence-electron chi connectivity index (χ3n) is 1.54. The molecule has 0 aliphatic carbocycles. The summed E-state index contributed by atoms with van der Waals surface area (Å²) in [6.07, 6.45) is -0.827. The molecule has 0 amide bonds. The number of rotatable bonds is 5. The molecule has 0 radical (unpaired) electrons. The van der Waals surface area contributed by atoms with Crippen molar-refractivity contribution in [2.24, 2.45) is 5.18 Å². The van der Waals surface area contributed by atoms with Crippen LogP contribution in [0.2, 0.25) is 0 Å². The van der Waals surface area contributed by atoms with Gasteiger partial charge in [-0.05, 0) is 46.9 Å². The summed E-state index contributed by atoms with van der Waals surface area (Å²) in [7, 11) is 0. The van der Waals surface area contributed by atoms with Gasteiger partial charge >= 0.3 is 0 Å². The lowest BCUT2D eigenvalue weighted by molar-refractivity contribution is 0.114. The Bertz CT molecular complexity index is 289. The summed E-state index contributed by atoms with van der Waals surface area (Å²) in [6.45, 7) is -0.0449. The Morgan fingerprint density at radius 1 is 1.43 bits per heavy atom. The molecule has 1 rings (SSSR count). The molecular weight excluding hydrogens is 297 g/mol. The van der Waals surface area contributed by atoms with Crippen LogP contribution in [-0.2, 0) is 0 Å². The number of benzene rings is 1. The Morgan fingerprint density at radius 3 is 2.64 bits per heavy atom. The maximum absolute atomic E-state index is 9.80. The molecule has 1 aromatic carbocycles. The van der Waals surface area contributed by atoms with E-state index in [0.717, 1.165) is 3.57 Å². The topological polar surface area (TPSA) is 58.9 Å². The van der Waals surface area contributed by atoms with E-state index in [2.05, 4.69) is 27.8 Å².